The fourth-order valence-electron chi connectivity index (χ4n) is 4.84. The zero-order chi connectivity index (χ0) is 42.4. The van der Waals surface area contributed by atoms with Gasteiger partial charge in [-0.2, -0.15) is 43.2 Å². The largest absolute Gasteiger partial charge is 1.00 e. The number of hydrogen-bond acceptors (Lipinski definition) is 10. The Labute approximate surface area is 391 Å². The first kappa shape index (κ1) is 65.2. The van der Waals surface area contributed by atoms with Crippen LogP contribution in [-0.4, -0.2) is 133 Å². The monoisotopic (exact) mass is 1190 g/mol. The quantitative estimate of drug-likeness (QED) is 0.0350. The predicted molar refractivity (Wildman–Crippen MR) is 194 cm³/mol. The van der Waals surface area contributed by atoms with Crippen molar-refractivity contribution in [3.63, 3.8) is 0 Å². The Kier molecular flexibility index (Phi) is 36.1. The van der Waals surface area contributed by atoms with Crippen molar-refractivity contribution in [1.29, 1.82) is 0 Å². The maximum atomic E-state index is 11.8. The van der Waals surface area contributed by atoms with Crippen LogP contribution in [0.2, 0.25) is 0 Å². The fourth-order valence-corrected chi connectivity index (χ4v) is 4.84. The number of aliphatic imine (C=N–C) groups is 1. The van der Waals surface area contributed by atoms with Gasteiger partial charge in [0, 0.05) is 100 Å². The second-order valence-corrected chi connectivity index (χ2v) is 15.0. The summed E-state index contributed by atoms with van der Waals surface area (Å²) < 4.78 is 115. The van der Waals surface area contributed by atoms with Crippen LogP contribution in [0, 0.1) is 17.8 Å². The number of carbonyl (C=O) groups excluding carboxylic acids is 3. The fraction of sp³-hybridized carbons (Fsp3) is 0.733. The summed E-state index contributed by atoms with van der Waals surface area (Å²) in [5.74, 6) is -0.0588. The first-order chi connectivity index (χ1) is 26.0. The number of piperidine rings is 3. The number of hydrogen-bond donors (Lipinski definition) is 6. The van der Waals surface area contributed by atoms with Crippen LogP contribution in [0.4, 0.5) is 26.3 Å². The van der Waals surface area contributed by atoms with Crippen molar-refractivity contribution in [3.8, 4) is 0 Å². The van der Waals surface area contributed by atoms with Crippen molar-refractivity contribution in [2.75, 3.05) is 72.0 Å². The van der Waals surface area contributed by atoms with Gasteiger partial charge in [-0.15, -0.1) is 39.3 Å². The number of nitrogens with two attached hydrogens (primary N) is 1. The van der Waals surface area contributed by atoms with E-state index in [-0.39, 0.29) is 115 Å². The molecule has 4 heterocycles. The van der Waals surface area contributed by atoms with Gasteiger partial charge in [0.15, 0.2) is 0 Å². The van der Waals surface area contributed by atoms with Gasteiger partial charge in [0.1, 0.15) is 0 Å². The van der Waals surface area contributed by atoms with Gasteiger partial charge < -0.3 is 48.5 Å². The van der Waals surface area contributed by atoms with Gasteiger partial charge in [-0.1, -0.05) is 31.4 Å². The number of dihydropyridines is 1. The molecule has 3 fully saturated rings. The number of nitrogens with one attached hydrogen (secondary N) is 4. The summed E-state index contributed by atoms with van der Waals surface area (Å²) in [5, 5.41) is 36.0. The third-order valence-corrected chi connectivity index (χ3v) is 8.95. The third kappa shape index (κ3) is 28.3. The van der Waals surface area contributed by atoms with Crippen LogP contribution in [0.15, 0.2) is 28.9 Å². The molecule has 3 amide bonds. The van der Waals surface area contributed by atoms with Gasteiger partial charge in [-0.05, 0) is 25.2 Å². The zero-order valence-electron chi connectivity index (χ0n) is 31.5. The molecular weight excluding hydrogens is 1150 g/mol. The van der Waals surface area contributed by atoms with Crippen LogP contribution in [0.1, 0.15) is 38.5 Å². The second kappa shape index (κ2) is 33.2. The molecule has 364 valence electrons. The zero-order valence-corrected chi connectivity index (χ0v) is 37.6. The number of nitrogens with zero attached hydrogens (tertiary/aromatic N) is 4. The van der Waals surface area contributed by atoms with Crippen molar-refractivity contribution in [3.05, 3.63) is 46.0 Å². The molecule has 4 aliphatic rings. The molecule has 4 rings (SSSR count). The normalized spacial score (nSPS) is 20.3. The molecule has 19 nitrogen and oxygen atoms in total. The molecule has 3 unspecified atom stereocenters. The molecule has 30 heteroatoms. The summed E-state index contributed by atoms with van der Waals surface area (Å²) in [7, 11) is -11.7. The predicted octanol–water partition coefficient (Wildman–Crippen LogP) is 1.97. The number of halogens is 6. The topological polar surface area (TPSA) is 319 Å². The number of rotatable bonds is 10. The van der Waals surface area contributed by atoms with Crippen molar-refractivity contribution >= 4 is 43.9 Å². The Morgan fingerprint density at radius 3 is 1.33 bits per heavy atom. The molecule has 8 N–H and O–H groups in total. The summed E-state index contributed by atoms with van der Waals surface area (Å²) in [6, 6.07) is 0. The van der Waals surface area contributed by atoms with E-state index < -0.39 is 31.3 Å². The molecule has 0 aromatic carbocycles. The molecule has 60 heavy (non-hydrogen) atoms. The van der Waals surface area contributed by atoms with Crippen molar-refractivity contribution in [2.45, 2.75) is 49.5 Å². The van der Waals surface area contributed by atoms with Gasteiger partial charge in [0.05, 0.1) is 6.54 Å². The Hall–Kier alpha value is -1.38. The summed E-state index contributed by atoms with van der Waals surface area (Å²) in [6.45, 7) is 6.94. The van der Waals surface area contributed by atoms with E-state index in [1.54, 1.807) is 12.3 Å². The molecule has 0 aromatic heterocycles. The van der Waals surface area contributed by atoms with Crippen molar-refractivity contribution in [2.24, 2.45) is 22.7 Å². The maximum absolute atomic E-state index is 11.8. The van der Waals surface area contributed by atoms with E-state index in [1.165, 1.54) is 0 Å². The van der Waals surface area contributed by atoms with Crippen LogP contribution in [0.25, 0.3) is 22.1 Å². The second-order valence-electron chi connectivity index (χ2n) is 12.2. The summed E-state index contributed by atoms with van der Waals surface area (Å²) in [6.07, 6.45) is 11.0. The Morgan fingerprint density at radius 2 is 1.07 bits per heavy atom. The Balaban J connectivity index is -0.000000369. The Morgan fingerprint density at radius 1 is 0.733 bits per heavy atom. The van der Waals surface area contributed by atoms with E-state index in [4.69, 9.17) is 25.9 Å². The van der Waals surface area contributed by atoms with Gasteiger partial charge >= 0.3 is 53.6 Å². The molecule has 3 atom stereocenters. The minimum absolute atomic E-state index is 0. The Bertz CT molecular complexity index is 1490. The first-order valence-corrected chi connectivity index (χ1v) is 20.0. The van der Waals surface area contributed by atoms with Gasteiger partial charge in [-0.25, -0.2) is 0 Å². The van der Waals surface area contributed by atoms with Crippen LogP contribution in [0.3, 0.4) is 0 Å². The van der Waals surface area contributed by atoms with E-state index in [9.17, 15) is 45.8 Å². The molecule has 0 saturated carbocycles. The molecular formula is C30H48Ag3F6N9O10S2-4. The van der Waals surface area contributed by atoms with E-state index in [0.717, 1.165) is 64.7 Å². The molecule has 0 aromatic rings. The molecule has 0 aliphatic carbocycles. The van der Waals surface area contributed by atoms with Gasteiger partial charge in [0.2, 0.25) is 17.7 Å². The summed E-state index contributed by atoms with van der Waals surface area (Å²) in [4.78, 5) is 39.4. The smallest absolute Gasteiger partial charge is 0.858 e. The minimum Gasteiger partial charge on any atom is -0.858 e. The first-order valence-electron chi connectivity index (χ1n) is 17.2. The minimum atomic E-state index is -5.84. The molecule has 0 bridgehead atoms. The van der Waals surface area contributed by atoms with Crippen LogP contribution in [-0.2, 0) is 102 Å². The van der Waals surface area contributed by atoms with Crippen LogP contribution >= 0.6 is 0 Å². The number of carbonyl (C=O) groups is 3. The van der Waals surface area contributed by atoms with E-state index in [1.807, 2.05) is 6.08 Å². The SMILES string of the molecule is O=C(NCCN=C([O-])C1=CNCC=C1)C1CCC[N-]C1.O=C(NCCNC(=O)C1CCC[N-]C1)C1CCC[N-]C1.O=S(=O)(O)C(F)(F)F.O=S(=O)(O)C(F)(F)F.[Ag+].[Ag].[Ag].[NH2-]. The third-order valence-electron chi connectivity index (χ3n) is 7.78. The number of amides is 3. The average Bonchev–Trinajstić information content (AvgIpc) is 3.15. The van der Waals surface area contributed by atoms with Gasteiger partial charge in [-0.3, -0.25) is 28.5 Å². The standard InChI is InChI=1S/C14H24N4O2.C14H21N4O2.2CHF3O3S.3Ag.H2N/c2*19-13(11-3-1-5-15-9-11)17-7-8-18-14(20)12-4-2-6-16-10-12;2*2-1(3,4)8(5,6)7;;;;/h11-12H,1-10H2,(H,17,19)(H,18,20);1,3,9,12,15H,2,4-8,10H2,(H,17,19)(H,18,20);2*(H,5,6,7);;;;1H2/q-2;-1;;;;;+1;-1/p-1. The summed E-state index contributed by atoms with van der Waals surface area (Å²) in [5.41, 5.74) is -10.5. The molecule has 2 radical (unpaired) electrons. The number of alkyl halides is 6. The van der Waals surface area contributed by atoms with Crippen molar-refractivity contribution < 1.29 is 139 Å². The van der Waals surface area contributed by atoms with E-state index in [2.05, 4.69) is 42.2 Å². The molecule has 3 saturated heterocycles. The average molecular weight is 1200 g/mol. The van der Waals surface area contributed by atoms with Crippen LogP contribution in [0.5, 0.6) is 0 Å². The van der Waals surface area contributed by atoms with Crippen LogP contribution < -0.4 is 26.4 Å². The van der Waals surface area contributed by atoms with Gasteiger partial charge in [0.25, 0.3) is 0 Å². The van der Waals surface area contributed by atoms with Crippen molar-refractivity contribution in [1.82, 2.24) is 21.3 Å². The van der Waals surface area contributed by atoms with E-state index >= 15 is 0 Å². The van der Waals surface area contributed by atoms with E-state index in [0.29, 0.717) is 51.4 Å². The maximum Gasteiger partial charge on any atom is 1.00 e. The summed E-state index contributed by atoms with van der Waals surface area (Å²) >= 11 is 0. The molecule has 0 spiro atoms. The molecule has 4 aliphatic heterocycles.